The van der Waals surface area contributed by atoms with Crippen molar-refractivity contribution in [2.75, 3.05) is 26.3 Å². The third-order valence-corrected chi connectivity index (χ3v) is 3.78. The molecule has 3 nitrogen and oxygen atoms in total. The van der Waals surface area contributed by atoms with Crippen molar-refractivity contribution in [1.82, 2.24) is 4.90 Å². The van der Waals surface area contributed by atoms with E-state index in [0.717, 1.165) is 25.9 Å². The summed E-state index contributed by atoms with van der Waals surface area (Å²) in [5, 5.41) is 17.9. The number of hydrogen-bond donors (Lipinski definition) is 2. The number of hydrogen-bond acceptors (Lipinski definition) is 3. The van der Waals surface area contributed by atoms with Crippen LogP contribution < -0.4 is 0 Å². The smallest absolute Gasteiger partial charge is 0.128 e. The molecule has 1 fully saturated rings. The van der Waals surface area contributed by atoms with E-state index >= 15 is 0 Å². The molecule has 1 aromatic carbocycles. The van der Waals surface area contributed by atoms with Gasteiger partial charge in [0.05, 0.1) is 6.61 Å². The van der Waals surface area contributed by atoms with Crippen LogP contribution in [0.15, 0.2) is 18.2 Å². The second-order valence-corrected chi connectivity index (χ2v) is 5.51. The van der Waals surface area contributed by atoms with Gasteiger partial charge in [-0.1, -0.05) is 17.9 Å². The highest BCUT2D eigenvalue weighted by atomic mass is 19.1. The van der Waals surface area contributed by atoms with Crippen molar-refractivity contribution < 1.29 is 14.6 Å². The summed E-state index contributed by atoms with van der Waals surface area (Å²) in [6, 6.07) is 5.05. The highest BCUT2D eigenvalue weighted by molar-refractivity contribution is 5.37. The van der Waals surface area contributed by atoms with E-state index in [2.05, 4.69) is 16.7 Å². The Morgan fingerprint density at radius 2 is 2.19 bits per heavy atom. The number of rotatable bonds is 4. The Hall–Kier alpha value is -1.41. The van der Waals surface area contributed by atoms with Crippen LogP contribution in [0.25, 0.3) is 0 Å². The maximum Gasteiger partial charge on any atom is 0.128 e. The highest BCUT2D eigenvalue weighted by Crippen LogP contribution is 2.19. The fraction of sp³-hybridized carbons (Fsp3) is 0.529. The molecule has 1 aromatic rings. The summed E-state index contributed by atoms with van der Waals surface area (Å²) in [4.78, 5) is 2.19. The predicted molar refractivity (Wildman–Crippen MR) is 80.1 cm³/mol. The Bertz CT molecular complexity index is 521. The van der Waals surface area contributed by atoms with Gasteiger partial charge in [0, 0.05) is 37.2 Å². The van der Waals surface area contributed by atoms with E-state index < -0.39 is 0 Å². The Kier molecular flexibility index (Phi) is 6.19. The molecule has 0 bridgehead atoms. The lowest BCUT2D eigenvalue weighted by molar-refractivity contribution is 0.115. The molecule has 1 atom stereocenters. The summed E-state index contributed by atoms with van der Waals surface area (Å²) in [5.41, 5.74) is 1.30. The van der Waals surface area contributed by atoms with E-state index in [1.807, 2.05) is 6.07 Å². The van der Waals surface area contributed by atoms with Crippen LogP contribution in [-0.2, 0) is 6.54 Å². The van der Waals surface area contributed by atoms with Crippen molar-refractivity contribution in [2.45, 2.75) is 25.8 Å². The van der Waals surface area contributed by atoms with Gasteiger partial charge in [0.2, 0.25) is 0 Å². The van der Waals surface area contributed by atoms with Gasteiger partial charge in [0.25, 0.3) is 0 Å². The lowest BCUT2D eigenvalue weighted by atomic mass is 9.98. The maximum atomic E-state index is 14.1. The molecule has 0 radical (unpaired) electrons. The number of aliphatic hydroxyl groups excluding tert-OH is 2. The van der Waals surface area contributed by atoms with Crippen molar-refractivity contribution in [3.8, 4) is 11.8 Å². The fourth-order valence-corrected chi connectivity index (χ4v) is 2.66. The number of halogens is 1. The van der Waals surface area contributed by atoms with Gasteiger partial charge in [-0.15, -0.1) is 0 Å². The molecule has 21 heavy (non-hydrogen) atoms. The van der Waals surface area contributed by atoms with Gasteiger partial charge in [0.1, 0.15) is 5.82 Å². The Morgan fingerprint density at radius 3 is 2.90 bits per heavy atom. The zero-order valence-corrected chi connectivity index (χ0v) is 12.2. The third-order valence-electron chi connectivity index (χ3n) is 3.78. The summed E-state index contributed by atoms with van der Waals surface area (Å²) in [5.74, 6) is 5.70. The first-order valence-electron chi connectivity index (χ1n) is 7.44. The van der Waals surface area contributed by atoms with Crippen molar-refractivity contribution in [3.63, 3.8) is 0 Å². The van der Waals surface area contributed by atoms with Crippen molar-refractivity contribution in [2.24, 2.45) is 5.92 Å². The molecule has 4 heteroatoms. The quantitative estimate of drug-likeness (QED) is 0.831. The van der Waals surface area contributed by atoms with Crippen LogP contribution in [0.1, 0.15) is 30.4 Å². The van der Waals surface area contributed by atoms with Gasteiger partial charge in [-0.05, 0) is 37.4 Å². The average Bonchev–Trinajstić information content (AvgIpc) is 2.50. The average molecular weight is 291 g/mol. The number of nitrogens with zero attached hydrogens (tertiary/aromatic N) is 1. The lowest BCUT2D eigenvalue weighted by Crippen LogP contribution is -2.36. The summed E-state index contributed by atoms with van der Waals surface area (Å²) >= 11 is 0. The normalized spacial score (nSPS) is 19.1. The molecular weight excluding hydrogens is 269 g/mol. The van der Waals surface area contributed by atoms with Gasteiger partial charge in [-0.3, -0.25) is 4.90 Å². The molecule has 2 rings (SSSR count). The minimum atomic E-state index is -0.239. The van der Waals surface area contributed by atoms with Gasteiger partial charge in [0.15, 0.2) is 0 Å². The Balaban J connectivity index is 1.99. The van der Waals surface area contributed by atoms with Crippen LogP contribution in [-0.4, -0.2) is 41.4 Å². The Labute approximate surface area is 125 Å². The van der Waals surface area contributed by atoms with E-state index in [-0.39, 0.29) is 19.0 Å². The van der Waals surface area contributed by atoms with Gasteiger partial charge < -0.3 is 10.2 Å². The number of piperidine rings is 1. The zero-order chi connectivity index (χ0) is 15.1. The first-order chi connectivity index (χ1) is 10.2. The molecule has 0 aromatic heterocycles. The van der Waals surface area contributed by atoms with Gasteiger partial charge in [-0.2, -0.15) is 0 Å². The van der Waals surface area contributed by atoms with E-state index in [0.29, 0.717) is 30.0 Å². The molecular formula is C17H22FNO2. The fourth-order valence-electron chi connectivity index (χ4n) is 2.66. The monoisotopic (exact) mass is 291 g/mol. The van der Waals surface area contributed by atoms with Gasteiger partial charge in [-0.25, -0.2) is 4.39 Å². The highest BCUT2D eigenvalue weighted by Gasteiger charge is 2.20. The molecule has 0 spiro atoms. The van der Waals surface area contributed by atoms with Crippen LogP contribution in [0.4, 0.5) is 4.39 Å². The van der Waals surface area contributed by atoms with Crippen molar-refractivity contribution in [3.05, 3.63) is 35.1 Å². The van der Waals surface area contributed by atoms with E-state index in [1.54, 1.807) is 6.07 Å². The molecule has 1 aliphatic heterocycles. The molecule has 1 saturated heterocycles. The summed E-state index contributed by atoms with van der Waals surface area (Å²) in [6.07, 6.45) is 2.51. The van der Waals surface area contributed by atoms with E-state index in [1.165, 1.54) is 6.07 Å². The summed E-state index contributed by atoms with van der Waals surface area (Å²) < 4.78 is 14.1. The SMILES string of the molecule is OCCC#Cc1ccc(CN2CCCC(CO)C2)c(F)c1. The molecule has 0 saturated carbocycles. The van der Waals surface area contributed by atoms with Crippen LogP contribution in [0, 0.1) is 23.6 Å². The zero-order valence-electron chi connectivity index (χ0n) is 12.2. The van der Waals surface area contributed by atoms with Crippen LogP contribution in [0.2, 0.25) is 0 Å². The second kappa shape index (κ2) is 8.14. The standard InChI is InChI=1S/C17H22FNO2/c18-17-10-14(4-1-2-9-20)6-7-16(17)12-19-8-3-5-15(11-19)13-21/h6-7,10,15,20-21H,2-3,5,8-9,11-13H2. The maximum absolute atomic E-state index is 14.1. The first kappa shape index (κ1) is 16.0. The molecule has 0 aliphatic carbocycles. The molecule has 1 aliphatic rings. The molecule has 0 amide bonds. The number of benzene rings is 1. The number of aliphatic hydroxyl groups is 2. The second-order valence-electron chi connectivity index (χ2n) is 5.51. The Morgan fingerprint density at radius 1 is 1.33 bits per heavy atom. The molecule has 1 unspecified atom stereocenters. The third kappa shape index (κ3) is 4.82. The van der Waals surface area contributed by atoms with Crippen molar-refractivity contribution in [1.29, 1.82) is 0 Å². The molecule has 2 N–H and O–H groups in total. The first-order valence-corrected chi connectivity index (χ1v) is 7.44. The minimum absolute atomic E-state index is 0.0224. The van der Waals surface area contributed by atoms with Crippen LogP contribution in [0.3, 0.4) is 0 Å². The van der Waals surface area contributed by atoms with Crippen LogP contribution >= 0.6 is 0 Å². The van der Waals surface area contributed by atoms with Crippen molar-refractivity contribution >= 4 is 0 Å². The largest absolute Gasteiger partial charge is 0.396 e. The lowest BCUT2D eigenvalue weighted by Gasteiger charge is -2.31. The van der Waals surface area contributed by atoms with Crippen LogP contribution in [0.5, 0.6) is 0 Å². The predicted octanol–water partition coefficient (Wildman–Crippen LogP) is 1.76. The van der Waals surface area contributed by atoms with E-state index in [9.17, 15) is 9.50 Å². The van der Waals surface area contributed by atoms with Gasteiger partial charge >= 0.3 is 0 Å². The summed E-state index contributed by atoms with van der Waals surface area (Å²) in [7, 11) is 0. The molecule has 114 valence electrons. The summed E-state index contributed by atoms with van der Waals surface area (Å²) in [6.45, 7) is 2.58. The van der Waals surface area contributed by atoms with E-state index in [4.69, 9.17) is 5.11 Å². The topological polar surface area (TPSA) is 43.7 Å². The number of likely N-dealkylation sites (tertiary alicyclic amines) is 1. The molecule has 1 heterocycles. The minimum Gasteiger partial charge on any atom is -0.396 e.